The maximum Gasteiger partial charge on any atom is 0.177 e. The zero-order chi connectivity index (χ0) is 12.3. The van der Waals surface area contributed by atoms with E-state index in [-0.39, 0.29) is 5.78 Å². The Labute approximate surface area is 104 Å². The quantitative estimate of drug-likeness (QED) is 0.742. The van der Waals surface area contributed by atoms with E-state index in [0.29, 0.717) is 12.6 Å². The average molecular weight is 231 g/mol. The third kappa shape index (κ3) is 2.95. The lowest BCUT2D eigenvalue weighted by molar-refractivity contribution is 0.0920. The van der Waals surface area contributed by atoms with Gasteiger partial charge in [0.25, 0.3) is 0 Å². The van der Waals surface area contributed by atoms with Crippen LogP contribution in [-0.4, -0.2) is 30.3 Å². The molecular formula is C15H21NO. The van der Waals surface area contributed by atoms with E-state index in [0.717, 1.165) is 11.1 Å². The first-order valence-electron chi connectivity index (χ1n) is 6.47. The van der Waals surface area contributed by atoms with E-state index in [1.807, 2.05) is 31.2 Å². The second-order valence-electron chi connectivity index (χ2n) is 5.09. The highest BCUT2D eigenvalue weighted by molar-refractivity contribution is 5.98. The van der Waals surface area contributed by atoms with Crippen LogP contribution in [0.1, 0.15) is 41.6 Å². The summed E-state index contributed by atoms with van der Waals surface area (Å²) in [6.45, 7) is 2.55. The number of likely N-dealkylation sites (N-methyl/N-ethyl adjacent to an activating group) is 1. The Bertz CT molecular complexity index is 394. The Morgan fingerprint density at radius 3 is 2.59 bits per heavy atom. The summed E-state index contributed by atoms with van der Waals surface area (Å²) < 4.78 is 0. The molecular weight excluding hydrogens is 210 g/mol. The second kappa shape index (κ2) is 5.46. The van der Waals surface area contributed by atoms with Gasteiger partial charge in [-0.1, -0.05) is 37.1 Å². The summed E-state index contributed by atoms with van der Waals surface area (Å²) in [5.41, 5.74) is 1.95. The molecule has 0 amide bonds. The number of hydrogen-bond acceptors (Lipinski definition) is 2. The number of aryl methyl sites for hydroxylation is 1. The molecule has 0 heterocycles. The summed E-state index contributed by atoms with van der Waals surface area (Å²) in [6, 6.07) is 8.47. The Balaban J connectivity index is 1.99. The summed E-state index contributed by atoms with van der Waals surface area (Å²) in [5, 5.41) is 0. The van der Waals surface area contributed by atoms with Crippen LogP contribution in [0, 0.1) is 6.92 Å². The van der Waals surface area contributed by atoms with Crippen molar-refractivity contribution in [3.05, 3.63) is 35.4 Å². The molecule has 2 rings (SSSR count). The lowest BCUT2D eigenvalue weighted by Gasteiger charge is -2.23. The van der Waals surface area contributed by atoms with Crippen LogP contribution in [0.4, 0.5) is 0 Å². The van der Waals surface area contributed by atoms with E-state index in [4.69, 9.17) is 0 Å². The van der Waals surface area contributed by atoms with Crippen molar-refractivity contribution < 1.29 is 4.79 Å². The number of rotatable bonds is 4. The van der Waals surface area contributed by atoms with Crippen molar-refractivity contribution in [2.24, 2.45) is 0 Å². The van der Waals surface area contributed by atoms with E-state index in [2.05, 4.69) is 11.9 Å². The highest BCUT2D eigenvalue weighted by atomic mass is 16.1. The minimum atomic E-state index is 0.248. The Morgan fingerprint density at radius 1 is 1.29 bits per heavy atom. The first-order chi connectivity index (χ1) is 8.18. The largest absolute Gasteiger partial charge is 0.296 e. The summed E-state index contributed by atoms with van der Waals surface area (Å²) in [4.78, 5) is 14.4. The van der Waals surface area contributed by atoms with Gasteiger partial charge >= 0.3 is 0 Å². The smallest absolute Gasteiger partial charge is 0.177 e. The summed E-state index contributed by atoms with van der Waals surface area (Å²) in [6.07, 6.45) is 5.12. The van der Waals surface area contributed by atoms with Crippen molar-refractivity contribution in [3.8, 4) is 0 Å². The minimum Gasteiger partial charge on any atom is -0.296 e. The van der Waals surface area contributed by atoms with Gasteiger partial charge in [-0.2, -0.15) is 0 Å². The van der Waals surface area contributed by atoms with Crippen molar-refractivity contribution in [3.63, 3.8) is 0 Å². The molecule has 0 saturated heterocycles. The molecule has 0 aromatic heterocycles. The van der Waals surface area contributed by atoms with Crippen molar-refractivity contribution in [1.29, 1.82) is 0 Å². The number of nitrogens with zero attached hydrogens (tertiary/aromatic N) is 1. The SMILES string of the molecule is Cc1ccccc1C(=O)CN(C)C1CCCC1. The highest BCUT2D eigenvalue weighted by Crippen LogP contribution is 2.22. The predicted octanol–water partition coefficient (Wildman–Crippen LogP) is 3.05. The Kier molecular flexibility index (Phi) is 3.95. The molecule has 0 bridgehead atoms. The lowest BCUT2D eigenvalue weighted by atomic mass is 10.0. The first kappa shape index (κ1) is 12.3. The van der Waals surface area contributed by atoms with E-state index >= 15 is 0 Å². The Hall–Kier alpha value is -1.15. The molecule has 1 fully saturated rings. The molecule has 0 unspecified atom stereocenters. The molecule has 0 spiro atoms. The van der Waals surface area contributed by atoms with E-state index in [9.17, 15) is 4.79 Å². The third-order valence-corrected chi connectivity index (χ3v) is 3.79. The molecule has 1 aromatic carbocycles. The van der Waals surface area contributed by atoms with Gasteiger partial charge in [0.15, 0.2) is 5.78 Å². The Morgan fingerprint density at radius 2 is 1.94 bits per heavy atom. The highest BCUT2D eigenvalue weighted by Gasteiger charge is 2.21. The zero-order valence-electron chi connectivity index (χ0n) is 10.8. The molecule has 0 atom stereocenters. The van der Waals surface area contributed by atoms with Crippen molar-refractivity contribution in [1.82, 2.24) is 4.90 Å². The number of carbonyl (C=O) groups is 1. The molecule has 92 valence electrons. The van der Waals surface area contributed by atoms with Gasteiger partial charge in [-0.05, 0) is 32.4 Å². The fraction of sp³-hybridized carbons (Fsp3) is 0.533. The molecule has 1 saturated carbocycles. The molecule has 1 aliphatic carbocycles. The maximum absolute atomic E-state index is 12.2. The second-order valence-corrected chi connectivity index (χ2v) is 5.09. The molecule has 17 heavy (non-hydrogen) atoms. The molecule has 1 aliphatic rings. The van der Waals surface area contributed by atoms with Crippen LogP contribution < -0.4 is 0 Å². The van der Waals surface area contributed by atoms with Gasteiger partial charge in [-0.15, -0.1) is 0 Å². The van der Waals surface area contributed by atoms with Gasteiger partial charge in [0.05, 0.1) is 6.54 Å². The number of benzene rings is 1. The van der Waals surface area contributed by atoms with Crippen LogP contribution in [0.3, 0.4) is 0 Å². The number of hydrogen-bond donors (Lipinski definition) is 0. The summed E-state index contributed by atoms with van der Waals surface area (Å²) >= 11 is 0. The molecule has 2 nitrogen and oxygen atoms in total. The van der Waals surface area contributed by atoms with Crippen LogP contribution in [-0.2, 0) is 0 Å². The van der Waals surface area contributed by atoms with Gasteiger partial charge < -0.3 is 0 Å². The molecule has 0 N–H and O–H groups in total. The van der Waals surface area contributed by atoms with Gasteiger partial charge in [0.2, 0.25) is 0 Å². The predicted molar refractivity (Wildman–Crippen MR) is 70.4 cm³/mol. The fourth-order valence-electron chi connectivity index (χ4n) is 2.67. The maximum atomic E-state index is 12.2. The third-order valence-electron chi connectivity index (χ3n) is 3.79. The van der Waals surface area contributed by atoms with Crippen LogP contribution in [0.2, 0.25) is 0 Å². The molecule has 2 heteroatoms. The summed E-state index contributed by atoms with van der Waals surface area (Å²) in [7, 11) is 2.08. The van der Waals surface area contributed by atoms with Crippen LogP contribution >= 0.6 is 0 Å². The molecule has 0 aliphatic heterocycles. The average Bonchev–Trinajstić information content (AvgIpc) is 2.82. The van der Waals surface area contributed by atoms with E-state index in [1.54, 1.807) is 0 Å². The van der Waals surface area contributed by atoms with E-state index in [1.165, 1.54) is 25.7 Å². The number of carbonyl (C=O) groups excluding carboxylic acids is 1. The first-order valence-corrected chi connectivity index (χ1v) is 6.47. The number of Topliss-reactive ketones (excluding diaryl/α,β-unsaturated/α-hetero) is 1. The topological polar surface area (TPSA) is 20.3 Å². The van der Waals surface area contributed by atoms with E-state index < -0.39 is 0 Å². The van der Waals surface area contributed by atoms with Gasteiger partial charge in [0.1, 0.15) is 0 Å². The molecule has 1 aromatic rings. The van der Waals surface area contributed by atoms with Crippen LogP contribution in [0.15, 0.2) is 24.3 Å². The zero-order valence-corrected chi connectivity index (χ0v) is 10.8. The summed E-state index contributed by atoms with van der Waals surface area (Å²) in [5.74, 6) is 0.248. The monoisotopic (exact) mass is 231 g/mol. The van der Waals surface area contributed by atoms with Crippen molar-refractivity contribution >= 4 is 5.78 Å². The van der Waals surface area contributed by atoms with Crippen LogP contribution in [0.5, 0.6) is 0 Å². The minimum absolute atomic E-state index is 0.248. The number of ketones is 1. The fourth-order valence-corrected chi connectivity index (χ4v) is 2.67. The standard InChI is InChI=1S/C15H21NO/c1-12-7-3-6-10-14(12)15(17)11-16(2)13-8-4-5-9-13/h3,6-7,10,13H,4-5,8-9,11H2,1-2H3. The lowest BCUT2D eigenvalue weighted by Crippen LogP contribution is -2.34. The van der Waals surface area contributed by atoms with Crippen molar-refractivity contribution in [2.45, 2.75) is 38.6 Å². The van der Waals surface area contributed by atoms with Gasteiger partial charge in [-0.3, -0.25) is 9.69 Å². The van der Waals surface area contributed by atoms with Gasteiger partial charge in [0, 0.05) is 11.6 Å². The molecule has 0 radical (unpaired) electrons. The normalized spacial score (nSPS) is 16.6. The van der Waals surface area contributed by atoms with Crippen molar-refractivity contribution in [2.75, 3.05) is 13.6 Å². The van der Waals surface area contributed by atoms with Crippen LogP contribution in [0.25, 0.3) is 0 Å². The van der Waals surface area contributed by atoms with Gasteiger partial charge in [-0.25, -0.2) is 0 Å².